The van der Waals surface area contributed by atoms with E-state index in [0.29, 0.717) is 23.9 Å². The summed E-state index contributed by atoms with van der Waals surface area (Å²) in [5.41, 5.74) is 2.62. The van der Waals surface area contributed by atoms with Crippen LogP contribution in [0.3, 0.4) is 0 Å². The molecule has 0 aliphatic carbocycles. The lowest BCUT2D eigenvalue weighted by Crippen LogP contribution is -2.42. The highest BCUT2D eigenvalue weighted by Crippen LogP contribution is 2.34. The second-order valence-corrected chi connectivity index (χ2v) is 11.2. The zero-order valence-electron chi connectivity index (χ0n) is 20.3. The van der Waals surface area contributed by atoms with E-state index in [2.05, 4.69) is 17.0 Å². The van der Waals surface area contributed by atoms with Gasteiger partial charge in [0.05, 0.1) is 19.1 Å². The molecular formula is C27H33ClN2O4S. The van der Waals surface area contributed by atoms with Crippen LogP contribution >= 0.6 is 12.4 Å². The minimum Gasteiger partial charge on any atom is -0.493 e. The second kappa shape index (κ2) is 10.7. The molecule has 1 saturated heterocycles. The fourth-order valence-electron chi connectivity index (χ4n) is 5.35. The van der Waals surface area contributed by atoms with E-state index in [-0.39, 0.29) is 12.4 Å². The van der Waals surface area contributed by atoms with E-state index < -0.39 is 10.0 Å². The molecule has 8 heteroatoms. The summed E-state index contributed by atoms with van der Waals surface area (Å²) in [6.45, 7) is 4.05. The Kier molecular flexibility index (Phi) is 7.91. The van der Waals surface area contributed by atoms with Crippen molar-refractivity contribution >= 4 is 33.2 Å². The van der Waals surface area contributed by atoms with Gasteiger partial charge < -0.3 is 9.47 Å². The number of rotatable bonds is 6. The first-order chi connectivity index (χ1) is 16.5. The van der Waals surface area contributed by atoms with Crippen LogP contribution in [-0.2, 0) is 23.0 Å². The first kappa shape index (κ1) is 25.8. The maximum atomic E-state index is 13.4. The smallest absolute Gasteiger partial charge is 0.243 e. The molecule has 188 valence electrons. The quantitative estimate of drug-likeness (QED) is 0.473. The number of fused-ring (bicyclic) bond motifs is 2. The van der Waals surface area contributed by atoms with Crippen LogP contribution in [0.4, 0.5) is 0 Å². The van der Waals surface area contributed by atoms with Crippen molar-refractivity contribution in [2.75, 3.05) is 40.4 Å². The monoisotopic (exact) mass is 516 g/mol. The predicted molar refractivity (Wildman–Crippen MR) is 141 cm³/mol. The highest BCUT2D eigenvalue weighted by Gasteiger charge is 2.31. The van der Waals surface area contributed by atoms with E-state index in [4.69, 9.17) is 9.47 Å². The lowest BCUT2D eigenvalue weighted by atomic mass is 9.94. The molecule has 2 aliphatic heterocycles. The molecule has 0 unspecified atom stereocenters. The third-order valence-electron chi connectivity index (χ3n) is 7.25. The lowest BCUT2D eigenvalue weighted by Gasteiger charge is -2.36. The number of halogens is 1. The van der Waals surface area contributed by atoms with E-state index >= 15 is 0 Å². The molecule has 3 aromatic carbocycles. The van der Waals surface area contributed by atoms with Crippen molar-refractivity contribution in [2.45, 2.75) is 30.7 Å². The summed E-state index contributed by atoms with van der Waals surface area (Å²) < 4.78 is 39.5. The standard InChI is InChI=1S/C27H32N2O4S.ClH/c1-32-25-16-22-12-13-28(19-23(22)17-26(25)33-2)18-20-10-14-29(15-11-20)34(30,31)27-9-5-7-21-6-3-4-8-24(21)27;/h3-9,16-17,20H,10-15,18-19H2,1-2H3;1H. The summed E-state index contributed by atoms with van der Waals surface area (Å²) in [5, 5.41) is 1.75. The van der Waals surface area contributed by atoms with Crippen LogP contribution in [0.25, 0.3) is 10.8 Å². The van der Waals surface area contributed by atoms with Crippen LogP contribution in [0.5, 0.6) is 11.5 Å². The molecule has 0 atom stereocenters. The Labute approximate surface area is 214 Å². The van der Waals surface area contributed by atoms with E-state index in [0.717, 1.165) is 61.2 Å². The summed E-state index contributed by atoms with van der Waals surface area (Å²) in [5.74, 6) is 2.06. The predicted octanol–water partition coefficient (Wildman–Crippen LogP) is 4.74. The number of hydrogen-bond acceptors (Lipinski definition) is 5. The second-order valence-electron chi connectivity index (χ2n) is 9.29. The number of piperidine rings is 1. The first-order valence-corrected chi connectivity index (χ1v) is 13.4. The molecule has 0 amide bonds. The van der Waals surface area contributed by atoms with E-state index in [1.807, 2.05) is 36.4 Å². The Balaban J connectivity index is 0.00000289. The van der Waals surface area contributed by atoms with Gasteiger partial charge in [-0.15, -0.1) is 12.4 Å². The van der Waals surface area contributed by atoms with Gasteiger partial charge >= 0.3 is 0 Å². The number of ether oxygens (including phenoxy) is 2. The largest absolute Gasteiger partial charge is 0.493 e. The first-order valence-electron chi connectivity index (χ1n) is 11.9. The van der Waals surface area contributed by atoms with Gasteiger partial charge in [-0.25, -0.2) is 8.42 Å². The minimum absolute atomic E-state index is 0. The Bertz CT molecular complexity index is 1280. The third-order valence-corrected chi connectivity index (χ3v) is 9.21. The Morgan fingerprint density at radius 2 is 1.54 bits per heavy atom. The molecule has 0 aromatic heterocycles. The van der Waals surface area contributed by atoms with Crippen molar-refractivity contribution < 1.29 is 17.9 Å². The molecule has 0 N–H and O–H groups in total. The molecule has 5 rings (SSSR count). The van der Waals surface area contributed by atoms with E-state index in [1.54, 1.807) is 24.6 Å². The zero-order valence-corrected chi connectivity index (χ0v) is 21.9. The van der Waals surface area contributed by atoms with E-state index in [9.17, 15) is 8.42 Å². The van der Waals surface area contributed by atoms with Gasteiger partial charge in [0.1, 0.15) is 0 Å². The molecule has 35 heavy (non-hydrogen) atoms. The average molecular weight is 517 g/mol. The highest BCUT2D eigenvalue weighted by molar-refractivity contribution is 7.89. The van der Waals surface area contributed by atoms with Crippen molar-refractivity contribution in [3.8, 4) is 11.5 Å². The molecule has 3 aromatic rings. The molecule has 0 spiro atoms. The number of nitrogens with zero attached hydrogens (tertiary/aromatic N) is 2. The van der Waals surface area contributed by atoms with Gasteiger partial charge in [-0.3, -0.25) is 4.90 Å². The van der Waals surface area contributed by atoms with Gasteiger partial charge in [0.2, 0.25) is 10.0 Å². The molecule has 2 heterocycles. The van der Waals surface area contributed by atoms with Crippen molar-refractivity contribution in [2.24, 2.45) is 5.92 Å². The van der Waals surface area contributed by atoms with Gasteiger partial charge in [0.15, 0.2) is 11.5 Å². The van der Waals surface area contributed by atoms with Crippen molar-refractivity contribution in [1.29, 1.82) is 0 Å². The molecule has 2 aliphatic rings. The number of hydrogen-bond donors (Lipinski definition) is 0. The van der Waals surface area contributed by atoms with Gasteiger partial charge in [-0.2, -0.15) is 4.31 Å². The molecule has 0 radical (unpaired) electrons. The van der Waals surface area contributed by atoms with Crippen LogP contribution in [0.2, 0.25) is 0 Å². The number of methoxy groups -OCH3 is 2. The number of sulfonamides is 1. The highest BCUT2D eigenvalue weighted by atomic mass is 35.5. The van der Waals surface area contributed by atoms with Gasteiger partial charge in [0, 0.05) is 38.1 Å². The SMILES string of the molecule is COc1cc2c(cc1OC)CN(CC1CCN(S(=O)(=O)c3cccc4ccccc34)CC1)CC2.Cl. The molecule has 0 bridgehead atoms. The summed E-state index contributed by atoms with van der Waals surface area (Å²) in [6.07, 6.45) is 2.77. The van der Waals surface area contributed by atoms with Crippen LogP contribution in [0, 0.1) is 5.92 Å². The minimum atomic E-state index is -3.51. The van der Waals surface area contributed by atoms with Crippen molar-refractivity contribution in [3.63, 3.8) is 0 Å². The zero-order chi connectivity index (χ0) is 23.7. The topological polar surface area (TPSA) is 59.1 Å². The maximum absolute atomic E-state index is 13.4. The number of benzene rings is 3. The summed E-state index contributed by atoms with van der Waals surface area (Å²) >= 11 is 0. The summed E-state index contributed by atoms with van der Waals surface area (Å²) in [6, 6.07) is 17.4. The third kappa shape index (κ3) is 5.14. The lowest BCUT2D eigenvalue weighted by molar-refractivity contribution is 0.171. The van der Waals surface area contributed by atoms with Crippen LogP contribution in [0.1, 0.15) is 24.0 Å². The fourth-order valence-corrected chi connectivity index (χ4v) is 7.04. The molecule has 1 fully saturated rings. The molecule has 0 saturated carbocycles. The van der Waals surface area contributed by atoms with Crippen LogP contribution < -0.4 is 9.47 Å². The van der Waals surface area contributed by atoms with Crippen molar-refractivity contribution in [1.82, 2.24) is 9.21 Å². The van der Waals surface area contributed by atoms with Gasteiger partial charge in [0.25, 0.3) is 0 Å². The Morgan fingerprint density at radius 3 is 2.26 bits per heavy atom. The molecule has 6 nitrogen and oxygen atoms in total. The Hall–Kier alpha value is -2.32. The van der Waals surface area contributed by atoms with Crippen molar-refractivity contribution in [3.05, 3.63) is 65.7 Å². The fraction of sp³-hybridized carbons (Fsp3) is 0.407. The average Bonchev–Trinajstić information content (AvgIpc) is 2.87. The van der Waals surface area contributed by atoms with E-state index in [1.165, 1.54) is 11.1 Å². The normalized spacial score (nSPS) is 17.5. The summed E-state index contributed by atoms with van der Waals surface area (Å²) in [4.78, 5) is 2.91. The Morgan fingerprint density at radius 1 is 0.886 bits per heavy atom. The molecular weight excluding hydrogens is 484 g/mol. The summed E-state index contributed by atoms with van der Waals surface area (Å²) in [7, 11) is -0.161. The maximum Gasteiger partial charge on any atom is 0.243 e. The van der Waals surface area contributed by atoms with Gasteiger partial charge in [-0.1, -0.05) is 36.4 Å². The van der Waals surface area contributed by atoms with Gasteiger partial charge in [-0.05, 0) is 59.9 Å². The van der Waals surface area contributed by atoms with Crippen LogP contribution in [-0.4, -0.2) is 58.0 Å². The van der Waals surface area contributed by atoms with Crippen LogP contribution in [0.15, 0.2) is 59.5 Å².